The zero-order valence-corrected chi connectivity index (χ0v) is 12.1. The van der Waals surface area contributed by atoms with E-state index in [1.165, 1.54) is 12.1 Å². The largest absolute Gasteiger partial charge is 0.507 e. The first-order valence-electron chi connectivity index (χ1n) is 6.21. The topological polar surface area (TPSA) is 49.3 Å². The summed E-state index contributed by atoms with van der Waals surface area (Å²) in [7, 11) is 0. The molecule has 0 unspecified atom stereocenters. The summed E-state index contributed by atoms with van der Waals surface area (Å²) in [5.74, 6) is -1.68. The molecular formula is C15H16FNO2S. The van der Waals surface area contributed by atoms with Gasteiger partial charge in [-0.2, -0.15) is 0 Å². The highest BCUT2D eigenvalue weighted by Gasteiger charge is 2.24. The highest BCUT2D eigenvalue weighted by Crippen LogP contribution is 2.27. The number of hydrogen-bond donors (Lipinski definition) is 2. The lowest BCUT2D eigenvalue weighted by Gasteiger charge is -2.23. The molecule has 0 spiro atoms. The third kappa shape index (κ3) is 2.99. The molecule has 0 aliphatic rings. The lowest BCUT2D eigenvalue weighted by atomic mass is 9.91. The Morgan fingerprint density at radius 1 is 1.35 bits per heavy atom. The van der Waals surface area contributed by atoms with Crippen LogP contribution in [0.2, 0.25) is 0 Å². The number of hydrogen-bond acceptors (Lipinski definition) is 3. The van der Waals surface area contributed by atoms with Gasteiger partial charge in [0, 0.05) is 16.8 Å². The molecule has 0 fully saturated rings. The maximum Gasteiger partial charge on any atom is 0.258 e. The first kappa shape index (κ1) is 14.5. The van der Waals surface area contributed by atoms with Gasteiger partial charge >= 0.3 is 0 Å². The Kier molecular flexibility index (Phi) is 4.09. The second-order valence-corrected chi connectivity index (χ2v) is 6.13. The number of thiophene rings is 1. The second-order valence-electron chi connectivity index (χ2n) is 5.18. The lowest BCUT2D eigenvalue weighted by Crippen LogP contribution is -2.36. The van der Waals surface area contributed by atoms with Gasteiger partial charge in [0.1, 0.15) is 17.1 Å². The summed E-state index contributed by atoms with van der Waals surface area (Å²) in [5.41, 5.74) is -0.556. The zero-order valence-electron chi connectivity index (χ0n) is 11.3. The Balaban J connectivity index is 2.10. The fraction of sp³-hybridized carbons (Fsp3) is 0.267. The molecule has 0 saturated heterocycles. The molecule has 1 aromatic carbocycles. The Morgan fingerprint density at radius 2 is 2.10 bits per heavy atom. The molecule has 0 aliphatic carbocycles. The fourth-order valence-electron chi connectivity index (χ4n) is 1.88. The van der Waals surface area contributed by atoms with Gasteiger partial charge in [-0.05, 0) is 23.6 Å². The number of phenols is 1. The minimum atomic E-state index is -0.726. The molecule has 5 heteroatoms. The third-order valence-corrected chi connectivity index (χ3v) is 4.33. The van der Waals surface area contributed by atoms with Gasteiger partial charge in [-0.15, -0.1) is 11.3 Å². The van der Waals surface area contributed by atoms with Gasteiger partial charge in [0.05, 0.1) is 0 Å². The Morgan fingerprint density at radius 3 is 2.70 bits per heavy atom. The van der Waals surface area contributed by atoms with Crippen molar-refractivity contribution in [3.05, 3.63) is 52.0 Å². The van der Waals surface area contributed by atoms with Crippen molar-refractivity contribution in [3.63, 3.8) is 0 Å². The van der Waals surface area contributed by atoms with E-state index >= 15 is 0 Å². The Bertz CT molecular complexity index is 588. The van der Waals surface area contributed by atoms with Gasteiger partial charge < -0.3 is 10.4 Å². The molecule has 1 aromatic heterocycles. The summed E-state index contributed by atoms with van der Waals surface area (Å²) in [6, 6.07) is 7.75. The van der Waals surface area contributed by atoms with E-state index in [1.54, 1.807) is 11.3 Å². The van der Waals surface area contributed by atoms with E-state index in [0.29, 0.717) is 6.54 Å². The number of benzene rings is 1. The summed E-state index contributed by atoms with van der Waals surface area (Å²) < 4.78 is 13.6. The summed E-state index contributed by atoms with van der Waals surface area (Å²) in [6.45, 7) is 4.36. The van der Waals surface area contributed by atoms with Crippen molar-refractivity contribution in [1.82, 2.24) is 5.32 Å². The van der Waals surface area contributed by atoms with Crippen LogP contribution in [0.4, 0.5) is 4.39 Å². The minimum absolute atomic E-state index is 0.245. The van der Waals surface area contributed by atoms with Gasteiger partial charge in [-0.3, -0.25) is 4.79 Å². The molecule has 0 bridgehead atoms. The predicted molar refractivity (Wildman–Crippen MR) is 77.7 cm³/mol. The van der Waals surface area contributed by atoms with E-state index in [1.807, 2.05) is 31.4 Å². The zero-order chi connectivity index (χ0) is 14.8. The number of carbonyl (C=O) groups is 1. The summed E-state index contributed by atoms with van der Waals surface area (Å²) in [4.78, 5) is 13.1. The molecule has 1 heterocycles. The lowest BCUT2D eigenvalue weighted by molar-refractivity contribution is 0.0939. The monoisotopic (exact) mass is 293 g/mol. The molecule has 20 heavy (non-hydrogen) atoms. The van der Waals surface area contributed by atoms with Crippen LogP contribution < -0.4 is 5.32 Å². The van der Waals surface area contributed by atoms with Gasteiger partial charge in [0.2, 0.25) is 0 Å². The molecule has 106 valence electrons. The smallest absolute Gasteiger partial charge is 0.258 e. The number of carbonyl (C=O) groups excluding carboxylic acids is 1. The molecule has 2 N–H and O–H groups in total. The maximum atomic E-state index is 13.6. The summed E-state index contributed by atoms with van der Waals surface area (Å²) in [5, 5.41) is 14.2. The number of nitrogens with one attached hydrogen (secondary N) is 1. The van der Waals surface area contributed by atoms with Crippen molar-refractivity contribution >= 4 is 17.2 Å². The average Bonchev–Trinajstić information content (AvgIpc) is 2.91. The van der Waals surface area contributed by atoms with Crippen molar-refractivity contribution in [2.45, 2.75) is 19.3 Å². The molecule has 0 atom stereocenters. The van der Waals surface area contributed by atoms with Crippen LogP contribution in [-0.4, -0.2) is 17.6 Å². The van der Waals surface area contributed by atoms with E-state index in [0.717, 1.165) is 10.9 Å². The molecular weight excluding hydrogens is 277 g/mol. The van der Waals surface area contributed by atoms with Crippen LogP contribution in [0.1, 0.15) is 29.1 Å². The van der Waals surface area contributed by atoms with Crippen molar-refractivity contribution in [3.8, 4) is 5.75 Å². The van der Waals surface area contributed by atoms with Gasteiger partial charge in [-0.1, -0.05) is 26.0 Å². The summed E-state index contributed by atoms with van der Waals surface area (Å²) in [6.07, 6.45) is 0. The van der Waals surface area contributed by atoms with Crippen LogP contribution in [-0.2, 0) is 5.41 Å². The number of rotatable bonds is 4. The molecule has 0 saturated carbocycles. The predicted octanol–water partition coefficient (Wildman–Crippen LogP) is 3.30. The molecule has 0 aliphatic heterocycles. The molecule has 0 radical (unpaired) electrons. The number of phenolic OH excluding ortho intramolecular Hbond substituents is 1. The number of aromatic hydroxyl groups is 1. The van der Waals surface area contributed by atoms with Crippen LogP contribution in [0, 0.1) is 5.82 Å². The number of amides is 1. The third-order valence-electron chi connectivity index (χ3n) is 3.10. The van der Waals surface area contributed by atoms with E-state index in [-0.39, 0.29) is 16.7 Å². The van der Waals surface area contributed by atoms with E-state index in [2.05, 4.69) is 5.32 Å². The number of halogens is 1. The highest BCUT2D eigenvalue weighted by molar-refractivity contribution is 7.10. The first-order chi connectivity index (χ1) is 9.42. The van der Waals surface area contributed by atoms with Gasteiger partial charge in [0.25, 0.3) is 5.91 Å². The van der Waals surface area contributed by atoms with Crippen LogP contribution in [0.5, 0.6) is 5.75 Å². The minimum Gasteiger partial charge on any atom is -0.507 e. The quantitative estimate of drug-likeness (QED) is 0.908. The Hall–Kier alpha value is -1.88. The average molecular weight is 293 g/mol. The summed E-state index contributed by atoms with van der Waals surface area (Å²) >= 11 is 1.61. The first-order valence-corrected chi connectivity index (χ1v) is 7.09. The van der Waals surface area contributed by atoms with Crippen LogP contribution in [0.3, 0.4) is 0 Å². The van der Waals surface area contributed by atoms with Crippen LogP contribution in [0.25, 0.3) is 0 Å². The van der Waals surface area contributed by atoms with Crippen LogP contribution >= 0.6 is 11.3 Å². The highest BCUT2D eigenvalue weighted by atomic mass is 32.1. The van der Waals surface area contributed by atoms with E-state index in [4.69, 9.17) is 0 Å². The molecule has 2 rings (SSSR count). The fourth-order valence-corrected chi connectivity index (χ4v) is 2.73. The van der Waals surface area contributed by atoms with Crippen molar-refractivity contribution in [2.24, 2.45) is 0 Å². The Labute approximate surface area is 121 Å². The van der Waals surface area contributed by atoms with E-state index < -0.39 is 11.7 Å². The maximum absolute atomic E-state index is 13.6. The van der Waals surface area contributed by atoms with Gasteiger partial charge in [-0.25, -0.2) is 4.39 Å². The molecule has 3 nitrogen and oxygen atoms in total. The normalized spacial score (nSPS) is 11.3. The van der Waals surface area contributed by atoms with Crippen molar-refractivity contribution < 1.29 is 14.3 Å². The second kappa shape index (κ2) is 5.63. The van der Waals surface area contributed by atoms with E-state index in [9.17, 15) is 14.3 Å². The van der Waals surface area contributed by atoms with Crippen molar-refractivity contribution in [2.75, 3.05) is 6.54 Å². The SMILES string of the molecule is CC(C)(CNC(=O)c1c(O)cccc1F)c1cccs1. The molecule has 2 aromatic rings. The standard InChI is InChI=1S/C15H16FNO2S/c1-15(2,12-7-4-8-20-12)9-17-14(19)13-10(16)5-3-6-11(13)18/h3-8,18H,9H2,1-2H3,(H,17,19). The van der Waals surface area contributed by atoms with Crippen LogP contribution in [0.15, 0.2) is 35.7 Å². The van der Waals surface area contributed by atoms with Gasteiger partial charge in [0.15, 0.2) is 0 Å². The molecule has 1 amide bonds. The van der Waals surface area contributed by atoms with Crippen molar-refractivity contribution in [1.29, 1.82) is 0 Å².